The number of aromatic nitrogens is 3. The summed E-state index contributed by atoms with van der Waals surface area (Å²) in [6.45, 7) is 0. The second kappa shape index (κ2) is 4.17. The van der Waals surface area contributed by atoms with Gasteiger partial charge in [0.05, 0.1) is 11.7 Å². The van der Waals surface area contributed by atoms with E-state index in [1.165, 1.54) is 17.7 Å². The molecule has 1 aromatic carbocycles. The van der Waals surface area contributed by atoms with Crippen LogP contribution in [0.4, 0.5) is 0 Å². The van der Waals surface area contributed by atoms with Crippen LogP contribution in [0, 0.1) is 0 Å². The van der Waals surface area contributed by atoms with Crippen molar-refractivity contribution in [1.29, 1.82) is 0 Å². The van der Waals surface area contributed by atoms with Crippen LogP contribution in [0.25, 0.3) is 16.7 Å². The summed E-state index contributed by atoms with van der Waals surface area (Å²) in [6.07, 6.45) is 5.36. The molecule has 0 atom stereocenters. The third-order valence-electron chi connectivity index (χ3n) is 3.66. The van der Waals surface area contributed by atoms with Crippen LogP contribution in [0.15, 0.2) is 41.0 Å². The Hall–Kier alpha value is -1.68. The largest absolute Gasteiger partial charge is 0.233 e. The van der Waals surface area contributed by atoms with Crippen LogP contribution < -0.4 is 0 Å². The zero-order valence-electron chi connectivity index (χ0n) is 10.3. The fourth-order valence-corrected chi connectivity index (χ4v) is 3.05. The van der Waals surface area contributed by atoms with E-state index in [9.17, 15) is 0 Å². The van der Waals surface area contributed by atoms with Crippen molar-refractivity contribution in [3.8, 4) is 5.82 Å². The van der Waals surface area contributed by atoms with Crippen molar-refractivity contribution >= 4 is 26.8 Å². The Kier molecular flexibility index (Phi) is 2.45. The van der Waals surface area contributed by atoms with Crippen molar-refractivity contribution < 1.29 is 0 Å². The van der Waals surface area contributed by atoms with E-state index < -0.39 is 0 Å². The van der Waals surface area contributed by atoms with E-state index in [2.05, 4.69) is 45.3 Å². The SMILES string of the molecule is Brc1ccc2cnn(-c3ccc4c(n3)CCC4)c2c1. The number of halogens is 1. The van der Waals surface area contributed by atoms with Crippen molar-refractivity contribution in [1.82, 2.24) is 14.8 Å². The normalized spacial score (nSPS) is 13.9. The highest BCUT2D eigenvalue weighted by atomic mass is 79.9. The Morgan fingerprint density at radius 2 is 2.05 bits per heavy atom. The lowest BCUT2D eigenvalue weighted by atomic mass is 10.2. The van der Waals surface area contributed by atoms with E-state index in [-0.39, 0.29) is 0 Å². The molecule has 0 bridgehead atoms. The summed E-state index contributed by atoms with van der Waals surface area (Å²) in [5.74, 6) is 0.911. The lowest BCUT2D eigenvalue weighted by Gasteiger charge is -2.05. The van der Waals surface area contributed by atoms with Crippen LogP contribution in [0.5, 0.6) is 0 Å². The van der Waals surface area contributed by atoms with Crippen molar-refractivity contribution in [3.63, 3.8) is 0 Å². The molecule has 19 heavy (non-hydrogen) atoms. The molecule has 0 aliphatic heterocycles. The molecule has 0 spiro atoms. The number of hydrogen-bond acceptors (Lipinski definition) is 2. The average Bonchev–Trinajstić information content (AvgIpc) is 3.03. The van der Waals surface area contributed by atoms with Gasteiger partial charge in [-0.25, -0.2) is 9.67 Å². The molecule has 3 aromatic rings. The Balaban J connectivity index is 1.92. The molecule has 4 heteroatoms. The third-order valence-corrected chi connectivity index (χ3v) is 4.16. The molecule has 0 saturated carbocycles. The zero-order chi connectivity index (χ0) is 12.8. The first kappa shape index (κ1) is 11.2. The minimum Gasteiger partial charge on any atom is -0.233 e. The molecule has 0 saturated heterocycles. The molecular formula is C15H12BrN3. The highest BCUT2D eigenvalue weighted by Crippen LogP contribution is 2.24. The first-order chi connectivity index (χ1) is 9.31. The lowest BCUT2D eigenvalue weighted by molar-refractivity contribution is 0.852. The summed E-state index contributed by atoms with van der Waals surface area (Å²) in [7, 11) is 0. The molecule has 1 aliphatic rings. The molecule has 0 unspecified atom stereocenters. The number of fused-ring (bicyclic) bond motifs is 2. The van der Waals surface area contributed by atoms with E-state index in [1.54, 1.807) is 0 Å². The summed E-state index contributed by atoms with van der Waals surface area (Å²) < 4.78 is 2.97. The summed E-state index contributed by atoms with van der Waals surface area (Å²) in [4.78, 5) is 4.76. The van der Waals surface area contributed by atoms with Gasteiger partial charge in [0.15, 0.2) is 5.82 Å². The predicted octanol–water partition coefficient (Wildman–Crippen LogP) is 3.67. The predicted molar refractivity (Wildman–Crippen MR) is 78.6 cm³/mol. The van der Waals surface area contributed by atoms with E-state index in [4.69, 9.17) is 4.98 Å². The Labute approximate surface area is 119 Å². The second-order valence-corrected chi connectivity index (χ2v) is 5.80. The van der Waals surface area contributed by atoms with E-state index in [1.807, 2.05) is 16.9 Å². The number of hydrogen-bond donors (Lipinski definition) is 0. The fourth-order valence-electron chi connectivity index (χ4n) is 2.70. The number of nitrogens with zero attached hydrogens (tertiary/aromatic N) is 3. The van der Waals surface area contributed by atoms with E-state index >= 15 is 0 Å². The van der Waals surface area contributed by atoms with E-state index in [0.717, 1.165) is 34.0 Å². The Morgan fingerprint density at radius 1 is 1.11 bits per heavy atom. The molecular weight excluding hydrogens is 302 g/mol. The van der Waals surface area contributed by atoms with Crippen molar-refractivity contribution in [2.75, 3.05) is 0 Å². The van der Waals surface area contributed by atoms with Gasteiger partial charge in [0.25, 0.3) is 0 Å². The van der Waals surface area contributed by atoms with Gasteiger partial charge < -0.3 is 0 Å². The molecule has 0 amide bonds. The maximum Gasteiger partial charge on any atom is 0.154 e. The van der Waals surface area contributed by atoms with Crippen LogP contribution >= 0.6 is 15.9 Å². The zero-order valence-corrected chi connectivity index (χ0v) is 11.9. The van der Waals surface area contributed by atoms with Crippen LogP contribution in [0.1, 0.15) is 17.7 Å². The topological polar surface area (TPSA) is 30.7 Å². The number of pyridine rings is 1. The standard InChI is InChI=1S/C15H12BrN3/c16-12-6-4-11-9-17-19(14(11)8-12)15-7-5-10-2-1-3-13(10)18-15/h4-9H,1-3H2. The van der Waals surface area contributed by atoms with Gasteiger partial charge in [-0.3, -0.25) is 0 Å². The molecule has 3 nitrogen and oxygen atoms in total. The van der Waals surface area contributed by atoms with Gasteiger partial charge in [0, 0.05) is 15.6 Å². The minimum atomic E-state index is 0.911. The smallest absolute Gasteiger partial charge is 0.154 e. The quantitative estimate of drug-likeness (QED) is 0.686. The van der Waals surface area contributed by atoms with Crippen LogP contribution in [-0.2, 0) is 12.8 Å². The van der Waals surface area contributed by atoms with E-state index in [0.29, 0.717) is 0 Å². The first-order valence-electron chi connectivity index (χ1n) is 6.44. The van der Waals surface area contributed by atoms with Gasteiger partial charge in [-0.15, -0.1) is 0 Å². The monoisotopic (exact) mass is 313 g/mol. The summed E-state index contributed by atoms with van der Waals surface area (Å²) in [5.41, 5.74) is 3.71. The van der Waals surface area contributed by atoms with Crippen LogP contribution in [-0.4, -0.2) is 14.8 Å². The van der Waals surface area contributed by atoms with Gasteiger partial charge >= 0.3 is 0 Å². The minimum absolute atomic E-state index is 0.911. The average molecular weight is 314 g/mol. The van der Waals surface area contributed by atoms with Gasteiger partial charge in [-0.1, -0.05) is 28.1 Å². The highest BCUT2D eigenvalue weighted by Gasteiger charge is 2.14. The molecule has 2 heterocycles. The summed E-state index contributed by atoms with van der Waals surface area (Å²) in [6, 6.07) is 10.4. The number of rotatable bonds is 1. The molecule has 1 aliphatic carbocycles. The maximum atomic E-state index is 4.76. The van der Waals surface area contributed by atoms with Crippen LogP contribution in [0.2, 0.25) is 0 Å². The van der Waals surface area contributed by atoms with Gasteiger partial charge in [0.2, 0.25) is 0 Å². The number of benzene rings is 1. The molecule has 2 aromatic heterocycles. The Morgan fingerprint density at radius 3 is 3.00 bits per heavy atom. The first-order valence-corrected chi connectivity index (χ1v) is 7.23. The van der Waals surface area contributed by atoms with Gasteiger partial charge in [0.1, 0.15) is 0 Å². The summed E-state index contributed by atoms with van der Waals surface area (Å²) in [5, 5.41) is 5.60. The second-order valence-electron chi connectivity index (χ2n) is 4.89. The fraction of sp³-hybridized carbons (Fsp3) is 0.200. The maximum absolute atomic E-state index is 4.76. The van der Waals surface area contributed by atoms with Gasteiger partial charge in [-0.2, -0.15) is 5.10 Å². The number of aryl methyl sites for hydroxylation is 2. The van der Waals surface area contributed by atoms with Crippen molar-refractivity contribution in [2.24, 2.45) is 0 Å². The van der Waals surface area contributed by atoms with Crippen molar-refractivity contribution in [2.45, 2.75) is 19.3 Å². The molecule has 0 radical (unpaired) electrons. The van der Waals surface area contributed by atoms with Gasteiger partial charge in [-0.05, 0) is 43.0 Å². The van der Waals surface area contributed by atoms with Crippen LogP contribution in [0.3, 0.4) is 0 Å². The molecule has 0 fully saturated rings. The third kappa shape index (κ3) is 1.78. The summed E-state index contributed by atoms with van der Waals surface area (Å²) >= 11 is 3.51. The van der Waals surface area contributed by atoms with Crippen molar-refractivity contribution in [3.05, 3.63) is 52.3 Å². The molecule has 94 valence electrons. The Bertz CT molecular complexity index is 776. The lowest BCUT2D eigenvalue weighted by Crippen LogP contribution is -2.01. The molecule has 4 rings (SSSR count). The molecule has 0 N–H and O–H groups in total. The highest BCUT2D eigenvalue weighted by molar-refractivity contribution is 9.10.